The third-order valence-electron chi connectivity index (χ3n) is 2.37. The van der Waals surface area contributed by atoms with E-state index in [0.717, 1.165) is 4.47 Å². The molecule has 0 aliphatic rings. The Morgan fingerprint density at radius 2 is 1.95 bits per heavy atom. The molecule has 19 heavy (non-hydrogen) atoms. The monoisotopic (exact) mass is 323 g/mol. The van der Waals surface area contributed by atoms with E-state index in [2.05, 4.69) is 31.2 Å². The van der Waals surface area contributed by atoms with Gasteiger partial charge in [0.15, 0.2) is 0 Å². The first kappa shape index (κ1) is 13.2. The van der Waals surface area contributed by atoms with Gasteiger partial charge in [-0.15, -0.1) is 0 Å². The summed E-state index contributed by atoms with van der Waals surface area (Å²) >= 11 is 3.31. The number of aryl methyl sites for hydroxylation is 1. The number of anilines is 3. The standard InChI is InChI=1S/C11H10BrN5O2/c1-6-9(17(18)19)10(16-11(13)14-6)15-8-4-2-7(12)3-5-8/h2-5H,1H3,(H3,13,14,15,16). The number of nitro groups is 1. The number of nitrogens with one attached hydrogen (secondary N) is 1. The Labute approximate surface area is 117 Å². The molecule has 0 unspecified atom stereocenters. The lowest BCUT2D eigenvalue weighted by atomic mass is 10.3. The van der Waals surface area contributed by atoms with E-state index in [1.165, 1.54) is 6.92 Å². The Kier molecular flexibility index (Phi) is 3.61. The lowest BCUT2D eigenvalue weighted by Crippen LogP contribution is -2.06. The fourth-order valence-corrected chi connectivity index (χ4v) is 1.83. The summed E-state index contributed by atoms with van der Waals surface area (Å²) in [6.45, 7) is 1.52. The summed E-state index contributed by atoms with van der Waals surface area (Å²) in [7, 11) is 0. The third kappa shape index (κ3) is 2.97. The quantitative estimate of drug-likeness (QED) is 0.664. The van der Waals surface area contributed by atoms with Crippen LogP contribution in [0.5, 0.6) is 0 Å². The molecule has 2 aromatic rings. The largest absolute Gasteiger partial charge is 0.368 e. The fraction of sp³-hybridized carbons (Fsp3) is 0.0909. The highest BCUT2D eigenvalue weighted by Gasteiger charge is 2.21. The van der Waals surface area contributed by atoms with Crippen LogP contribution < -0.4 is 11.1 Å². The minimum atomic E-state index is -0.532. The zero-order valence-electron chi connectivity index (χ0n) is 9.92. The highest BCUT2D eigenvalue weighted by atomic mass is 79.9. The van der Waals surface area contributed by atoms with Crippen LogP contribution in [0.15, 0.2) is 28.7 Å². The van der Waals surface area contributed by atoms with Gasteiger partial charge in [-0.25, -0.2) is 4.98 Å². The Morgan fingerprint density at radius 1 is 1.32 bits per heavy atom. The molecular weight excluding hydrogens is 314 g/mol. The van der Waals surface area contributed by atoms with E-state index in [1.54, 1.807) is 12.1 Å². The molecule has 0 saturated carbocycles. The SMILES string of the molecule is Cc1nc(N)nc(Nc2ccc(Br)cc2)c1[N+](=O)[O-]. The highest BCUT2D eigenvalue weighted by Crippen LogP contribution is 2.28. The Bertz CT molecular complexity index is 630. The average molecular weight is 324 g/mol. The van der Waals surface area contributed by atoms with Crippen molar-refractivity contribution >= 4 is 39.1 Å². The first-order chi connectivity index (χ1) is 8.97. The predicted octanol–water partition coefficient (Wildman–Crippen LogP) is 2.78. The van der Waals surface area contributed by atoms with E-state index >= 15 is 0 Å². The molecule has 1 aromatic carbocycles. The van der Waals surface area contributed by atoms with Gasteiger partial charge in [0.25, 0.3) is 0 Å². The van der Waals surface area contributed by atoms with Crippen molar-refractivity contribution in [2.75, 3.05) is 11.1 Å². The molecular formula is C11H10BrN5O2. The van der Waals surface area contributed by atoms with Crippen molar-refractivity contribution in [3.8, 4) is 0 Å². The first-order valence-corrected chi connectivity index (χ1v) is 6.08. The minimum absolute atomic E-state index is 0.0114. The molecule has 0 radical (unpaired) electrons. The number of halogens is 1. The molecule has 0 aliphatic carbocycles. The van der Waals surface area contributed by atoms with Crippen LogP contribution in [0.3, 0.4) is 0 Å². The van der Waals surface area contributed by atoms with Gasteiger partial charge in [-0.2, -0.15) is 4.98 Å². The normalized spacial score (nSPS) is 10.2. The van der Waals surface area contributed by atoms with Crippen LogP contribution in [0.25, 0.3) is 0 Å². The van der Waals surface area contributed by atoms with Crippen molar-refractivity contribution in [1.29, 1.82) is 0 Å². The molecule has 8 heteroatoms. The molecule has 0 aliphatic heterocycles. The smallest absolute Gasteiger partial charge is 0.332 e. The van der Waals surface area contributed by atoms with E-state index < -0.39 is 4.92 Å². The van der Waals surface area contributed by atoms with Gasteiger partial charge in [-0.05, 0) is 31.2 Å². The van der Waals surface area contributed by atoms with E-state index in [9.17, 15) is 10.1 Å². The van der Waals surface area contributed by atoms with Crippen LogP contribution in [0, 0.1) is 17.0 Å². The molecule has 0 atom stereocenters. The fourth-order valence-electron chi connectivity index (χ4n) is 1.56. The maximum atomic E-state index is 11.0. The number of rotatable bonds is 3. The average Bonchev–Trinajstić information content (AvgIpc) is 2.30. The topological polar surface area (TPSA) is 107 Å². The van der Waals surface area contributed by atoms with Crippen molar-refractivity contribution in [3.63, 3.8) is 0 Å². The summed E-state index contributed by atoms with van der Waals surface area (Å²) in [5.41, 5.74) is 6.22. The van der Waals surface area contributed by atoms with Gasteiger partial charge in [-0.1, -0.05) is 15.9 Å². The van der Waals surface area contributed by atoms with Gasteiger partial charge >= 0.3 is 5.69 Å². The number of hydrogen-bond donors (Lipinski definition) is 2. The lowest BCUT2D eigenvalue weighted by Gasteiger charge is -2.08. The summed E-state index contributed by atoms with van der Waals surface area (Å²) < 4.78 is 0.908. The number of hydrogen-bond acceptors (Lipinski definition) is 6. The summed E-state index contributed by atoms with van der Waals surface area (Å²) in [5.74, 6) is 0.0695. The second kappa shape index (κ2) is 5.19. The second-order valence-corrected chi connectivity index (χ2v) is 4.67. The highest BCUT2D eigenvalue weighted by molar-refractivity contribution is 9.10. The van der Waals surface area contributed by atoms with Crippen LogP contribution in [0.1, 0.15) is 5.69 Å². The van der Waals surface area contributed by atoms with Crippen molar-refractivity contribution < 1.29 is 4.92 Å². The van der Waals surface area contributed by atoms with E-state index in [0.29, 0.717) is 5.69 Å². The van der Waals surface area contributed by atoms with Gasteiger partial charge in [0.1, 0.15) is 5.69 Å². The minimum Gasteiger partial charge on any atom is -0.368 e. The Morgan fingerprint density at radius 3 is 2.53 bits per heavy atom. The molecule has 0 spiro atoms. The zero-order chi connectivity index (χ0) is 14.0. The molecule has 98 valence electrons. The lowest BCUT2D eigenvalue weighted by molar-refractivity contribution is -0.385. The maximum absolute atomic E-state index is 11.0. The molecule has 1 heterocycles. The number of benzene rings is 1. The van der Waals surface area contributed by atoms with Crippen LogP contribution in [-0.2, 0) is 0 Å². The third-order valence-corrected chi connectivity index (χ3v) is 2.89. The Balaban J connectivity index is 2.44. The number of nitrogens with two attached hydrogens (primary N) is 1. The molecule has 0 saturated heterocycles. The van der Waals surface area contributed by atoms with E-state index in [4.69, 9.17) is 5.73 Å². The van der Waals surface area contributed by atoms with E-state index in [-0.39, 0.29) is 23.1 Å². The van der Waals surface area contributed by atoms with Gasteiger partial charge in [-0.3, -0.25) is 10.1 Å². The number of nitrogen functional groups attached to an aromatic ring is 1. The summed E-state index contributed by atoms with van der Waals surface area (Å²) in [6, 6.07) is 7.15. The molecule has 1 aromatic heterocycles. The van der Waals surface area contributed by atoms with E-state index in [1.807, 2.05) is 12.1 Å². The van der Waals surface area contributed by atoms with Crippen molar-refractivity contribution in [3.05, 3.63) is 44.5 Å². The zero-order valence-corrected chi connectivity index (χ0v) is 11.5. The predicted molar refractivity (Wildman–Crippen MR) is 75.3 cm³/mol. The van der Waals surface area contributed by atoms with Gasteiger partial charge in [0.05, 0.1) is 4.92 Å². The number of aromatic nitrogens is 2. The summed E-state index contributed by atoms with van der Waals surface area (Å²) in [5, 5.41) is 13.9. The maximum Gasteiger partial charge on any atom is 0.332 e. The molecule has 0 amide bonds. The molecule has 2 rings (SSSR count). The van der Waals surface area contributed by atoms with Crippen LogP contribution in [-0.4, -0.2) is 14.9 Å². The molecule has 7 nitrogen and oxygen atoms in total. The molecule has 0 fully saturated rings. The first-order valence-electron chi connectivity index (χ1n) is 5.28. The van der Waals surface area contributed by atoms with Crippen LogP contribution in [0.2, 0.25) is 0 Å². The van der Waals surface area contributed by atoms with Crippen molar-refractivity contribution in [2.45, 2.75) is 6.92 Å². The van der Waals surface area contributed by atoms with Gasteiger partial charge < -0.3 is 11.1 Å². The van der Waals surface area contributed by atoms with Crippen LogP contribution >= 0.6 is 15.9 Å². The molecule has 0 bridgehead atoms. The number of nitrogens with zero attached hydrogens (tertiary/aromatic N) is 3. The van der Waals surface area contributed by atoms with Gasteiger partial charge in [0, 0.05) is 10.2 Å². The molecule has 3 N–H and O–H groups in total. The Hall–Kier alpha value is -2.22. The second-order valence-electron chi connectivity index (χ2n) is 3.75. The van der Waals surface area contributed by atoms with Gasteiger partial charge in [0.2, 0.25) is 11.8 Å². The van der Waals surface area contributed by atoms with Crippen molar-refractivity contribution in [2.24, 2.45) is 0 Å². The summed E-state index contributed by atoms with van der Waals surface area (Å²) in [6.07, 6.45) is 0. The summed E-state index contributed by atoms with van der Waals surface area (Å²) in [4.78, 5) is 18.2. The van der Waals surface area contributed by atoms with Crippen LogP contribution in [0.4, 0.5) is 23.1 Å². The van der Waals surface area contributed by atoms with Crippen molar-refractivity contribution in [1.82, 2.24) is 9.97 Å².